The van der Waals surface area contributed by atoms with Crippen molar-refractivity contribution < 1.29 is 24.2 Å². The molecule has 2 heterocycles. The van der Waals surface area contributed by atoms with Gasteiger partial charge in [-0.2, -0.15) is 0 Å². The number of esters is 1. The van der Waals surface area contributed by atoms with Crippen LogP contribution in [0.25, 0.3) is 0 Å². The number of hydrogen-bond acceptors (Lipinski definition) is 5. The summed E-state index contributed by atoms with van der Waals surface area (Å²) in [6, 6.07) is 0. The summed E-state index contributed by atoms with van der Waals surface area (Å²) in [5, 5.41) is 11.0. The number of carbonyl (C=O) groups excluding carboxylic acids is 2. The SMILES string of the molecule is CCCC1CC(=O)Oc2c(CC=C(C)C)c(O)c3c(c21)O[C@H](C)[C@H](C)C3=O. The van der Waals surface area contributed by atoms with E-state index in [2.05, 4.69) is 6.92 Å². The van der Waals surface area contributed by atoms with Crippen molar-refractivity contribution in [1.29, 1.82) is 0 Å². The first-order valence-corrected chi connectivity index (χ1v) is 9.72. The molecule has 1 unspecified atom stereocenters. The number of hydrogen-bond donors (Lipinski definition) is 1. The van der Waals surface area contributed by atoms with E-state index in [4.69, 9.17) is 9.47 Å². The lowest BCUT2D eigenvalue weighted by molar-refractivity contribution is -0.136. The maximum atomic E-state index is 13.0. The first-order valence-electron chi connectivity index (χ1n) is 9.72. The van der Waals surface area contributed by atoms with Gasteiger partial charge in [0, 0.05) is 17.0 Å². The van der Waals surface area contributed by atoms with Gasteiger partial charge >= 0.3 is 5.97 Å². The van der Waals surface area contributed by atoms with Gasteiger partial charge in [0.15, 0.2) is 5.78 Å². The number of rotatable bonds is 4. The molecule has 5 nitrogen and oxygen atoms in total. The highest BCUT2D eigenvalue weighted by atomic mass is 16.5. The van der Waals surface area contributed by atoms with E-state index in [1.54, 1.807) is 0 Å². The first kappa shape index (κ1) is 19.5. The Kier molecular flexibility index (Phi) is 5.31. The summed E-state index contributed by atoms with van der Waals surface area (Å²) in [4.78, 5) is 25.2. The number of phenolic OH excluding ortho intramolecular Hbond substituents is 1. The van der Waals surface area contributed by atoms with Crippen LogP contribution in [0.4, 0.5) is 0 Å². The van der Waals surface area contributed by atoms with Crippen LogP contribution in [0.1, 0.15) is 81.3 Å². The minimum Gasteiger partial charge on any atom is -0.507 e. The van der Waals surface area contributed by atoms with Crippen LogP contribution in [0.3, 0.4) is 0 Å². The molecule has 3 atom stereocenters. The molecule has 0 saturated heterocycles. The Balaban J connectivity index is 2.31. The molecular weight excluding hydrogens is 344 g/mol. The quantitative estimate of drug-likeness (QED) is 0.471. The zero-order valence-corrected chi connectivity index (χ0v) is 16.7. The van der Waals surface area contributed by atoms with Gasteiger partial charge in [-0.05, 0) is 33.6 Å². The fraction of sp³-hybridized carbons (Fsp3) is 0.545. The Bertz CT molecular complexity index is 817. The number of ketones is 1. The third kappa shape index (κ3) is 3.35. The molecule has 27 heavy (non-hydrogen) atoms. The maximum Gasteiger partial charge on any atom is 0.311 e. The Morgan fingerprint density at radius 3 is 2.56 bits per heavy atom. The van der Waals surface area contributed by atoms with Crippen LogP contribution in [0.2, 0.25) is 0 Å². The smallest absolute Gasteiger partial charge is 0.311 e. The molecule has 5 heteroatoms. The molecule has 0 bridgehead atoms. The van der Waals surface area contributed by atoms with Crippen LogP contribution < -0.4 is 9.47 Å². The fourth-order valence-electron chi connectivity index (χ4n) is 3.88. The summed E-state index contributed by atoms with van der Waals surface area (Å²) in [6.45, 7) is 9.66. The highest BCUT2D eigenvalue weighted by Gasteiger charge is 2.42. The number of aromatic hydroxyl groups is 1. The number of phenols is 1. The van der Waals surface area contributed by atoms with Crippen molar-refractivity contribution in [3.8, 4) is 17.2 Å². The van der Waals surface area contributed by atoms with Gasteiger partial charge in [-0.3, -0.25) is 9.59 Å². The number of Topliss-reactive ketones (excluding diaryl/α,β-unsaturated/α-hetero) is 1. The van der Waals surface area contributed by atoms with E-state index in [1.165, 1.54) is 0 Å². The summed E-state index contributed by atoms with van der Waals surface area (Å²) >= 11 is 0. The van der Waals surface area contributed by atoms with Gasteiger partial charge in [-0.15, -0.1) is 0 Å². The van der Waals surface area contributed by atoms with Crippen LogP contribution in [0.15, 0.2) is 11.6 Å². The van der Waals surface area contributed by atoms with Crippen molar-refractivity contribution in [1.82, 2.24) is 0 Å². The Labute approximate surface area is 160 Å². The largest absolute Gasteiger partial charge is 0.507 e. The highest BCUT2D eigenvalue weighted by Crippen LogP contribution is 2.53. The molecule has 0 radical (unpaired) electrons. The maximum absolute atomic E-state index is 13.0. The monoisotopic (exact) mass is 372 g/mol. The number of ether oxygens (including phenoxy) is 2. The summed E-state index contributed by atoms with van der Waals surface area (Å²) in [5.74, 6) is -0.155. The molecule has 0 aliphatic carbocycles. The van der Waals surface area contributed by atoms with E-state index < -0.39 is 0 Å². The molecule has 2 aliphatic heterocycles. The van der Waals surface area contributed by atoms with Gasteiger partial charge in [0.25, 0.3) is 0 Å². The van der Waals surface area contributed by atoms with Crippen molar-refractivity contribution >= 4 is 11.8 Å². The second-order valence-electron chi connectivity index (χ2n) is 7.90. The first-order chi connectivity index (χ1) is 12.8. The number of allylic oxidation sites excluding steroid dienone is 2. The lowest BCUT2D eigenvalue weighted by Crippen LogP contribution is -2.35. The van der Waals surface area contributed by atoms with Crippen LogP contribution >= 0.6 is 0 Å². The van der Waals surface area contributed by atoms with Crippen molar-refractivity contribution in [2.75, 3.05) is 0 Å². The Hall–Kier alpha value is -2.30. The number of benzene rings is 1. The fourth-order valence-corrected chi connectivity index (χ4v) is 3.88. The summed E-state index contributed by atoms with van der Waals surface area (Å²) in [5.41, 5.74) is 2.60. The molecule has 3 rings (SSSR count). The molecule has 146 valence electrons. The minimum absolute atomic E-state index is 0.0699. The van der Waals surface area contributed by atoms with Gasteiger partial charge in [-0.1, -0.05) is 31.9 Å². The minimum atomic E-state index is -0.339. The topological polar surface area (TPSA) is 72.8 Å². The van der Waals surface area contributed by atoms with E-state index in [1.807, 2.05) is 33.8 Å². The molecular formula is C22H28O5. The summed E-state index contributed by atoms with van der Waals surface area (Å²) < 4.78 is 11.7. The predicted octanol–water partition coefficient (Wildman–Crippen LogP) is 4.69. The van der Waals surface area contributed by atoms with E-state index in [0.717, 1.165) is 24.0 Å². The average molecular weight is 372 g/mol. The molecule has 1 N–H and O–H groups in total. The van der Waals surface area contributed by atoms with Crippen LogP contribution in [-0.4, -0.2) is 23.0 Å². The summed E-state index contributed by atoms with van der Waals surface area (Å²) in [7, 11) is 0. The van der Waals surface area contributed by atoms with E-state index in [9.17, 15) is 14.7 Å². The highest BCUT2D eigenvalue weighted by molar-refractivity contribution is 6.05. The van der Waals surface area contributed by atoms with Crippen molar-refractivity contribution in [2.24, 2.45) is 5.92 Å². The summed E-state index contributed by atoms with van der Waals surface area (Å²) in [6.07, 6.45) is 4.02. The predicted molar refractivity (Wildman–Crippen MR) is 103 cm³/mol. The zero-order chi connectivity index (χ0) is 19.9. The molecule has 0 saturated carbocycles. The van der Waals surface area contributed by atoms with Gasteiger partial charge in [0.05, 0.1) is 12.3 Å². The third-order valence-electron chi connectivity index (χ3n) is 5.57. The van der Waals surface area contributed by atoms with Crippen molar-refractivity contribution in [3.05, 3.63) is 28.3 Å². The Morgan fingerprint density at radius 1 is 1.22 bits per heavy atom. The van der Waals surface area contributed by atoms with E-state index in [0.29, 0.717) is 23.5 Å². The van der Waals surface area contributed by atoms with Crippen molar-refractivity contribution in [2.45, 2.75) is 72.3 Å². The molecule has 0 amide bonds. The molecule has 0 fully saturated rings. The zero-order valence-electron chi connectivity index (χ0n) is 16.7. The second kappa shape index (κ2) is 7.37. The van der Waals surface area contributed by atoms with Gasteiger partial charge in [0.2, 0.25) is 0 Å². The third-order valence-corrected chi connectivity index (χ3v) is 5.57. The molecule has 1 aromatic rings. The normalized spacial score (nSPS) is 23.8. The van der Waals surface area contributed by atoms with Gasteiger partial charge in [-0.25, -0.2) is 0 Å². The standard InChI is InChI=1S/C22H28O5/c1-6-7-14-10-16(23)27-21-15(9-8-11(2)3)20(25)18-19(24)12(4)13(5)26-22(18)17(14)21/h8,12-14,25H,6-7,9-10H2,1-5H3/t12-,13+,14?/m0/s1. The lowest BCUT2D eigenvalue weighted by atomic mass is 9.80. The molecule has 1 aromatic carbocycles. The van der Waals surface area contributed by atoms with Crippen molar-refractivity contribution in [3.63, 3.8) is 0 Å². The van der Waals surface area contributed by atoms with Gasteiger partial charge in [0.1, 0.15) is 28.9 Å². The molecule has 2 aliphatic rings. The van der Waals surface area contributed by atoms with Gasteiger partial charge < -0.3 is 14.6 Å². The number of carbonyl (C=O) groups is 2. The second-order valence-corrected chi connectivity index (χ2v) is 7.90. The molecule has 0 aromatic heterocycles. The van der Waals surface area contributed by atoms with E-state index >= 15 is 0 Å². The molecule has 0 spiro atoms. The average Bonchev–Trinajstić information content (AvgIpc) is 2.58. The van der Waals surface area contributed by atoms with Crippen LogP contribution in [0, 0.1) is 5.92 Å². The number of fused-ring (bicyclic) bond motifs is 3. The Morgan fingerprint density at radius 2 is 1.93 bits per heavy atom. The lowest BCUT2D eigenvalue weighted by Gasteiger charge is -2.35. The van der Waals surface area contributed by atoms with E-state index in [-0.39, 0.29) is 47.4 Å². The van der Waals surface area contributed by atoms with Crippen LogP contribution in [-0.2, 0) is 11.2 Å². The van der Waals surface area contributed by atoms with Crippen LogP contribution in [0.5, 0.6) is 17.2 Å².